The van der Waals surface area contributed by atoms with Crippen LogP contribution in [0.15, 0.2) is 70.2 Å². The first kappa shape index (κ1) is 31.0. The van der Waals surface area contributed by atoms with E-state index < -0.39 is 14.5 Å². The maximum Gasteiger partial charge on any atom is 0.189 e. The lowest BCUT2D eigenvalue weighted by atomic mass is 10.1. The van der Waals surface area contributed by atoms with E-state index in [2.05, 4.69) is 100 Å². The van der Waals surface area contributed by atoms with Crippen molar-refractivity contribution in [1.29, 1.82) is 0 Å². The van der Waals surface area contributed by atoms with Crippen molar-refractivity contribution in [3.63, 3.8) is 0 Å². The molecule has 1 fully saturated rings. The van der Waals surface area contributed by atoms with E-state index in [1.165, 1.54) is 5.56 Å². The summed E-state index contributed by atoms with van der Waals surface area (Å²) in [5.41, 5.74) is 10.5. The molecule has 5 rings (SSSR count). The van der Waals surface area contributed by atoms with E-state index in [0.717, 1.165) is 38.2 Å². The highest BCUT2D eigenvalue weighted by Gasteiger charge is 2.38. The lowest BCUT2D eigenvalue weighted by Gasteiger charge is -2.23. The van der Waals surface area contributed by atoms with Crippen molar-refractivity contribution in [2.75, 3.05) is 18.9 Å². The molecule has 1 unspecified atom stereocenters. The lowest BCUT2D eigenvalue weighted by Crippen LogP contribution is -2.34. The van der Waals surface area contributed by atoms with Crippen LogP contribution in [-0.2, 0) is 21.1 Å². The van der Waals surface area contributed by atoms with E-state index in [1.807, 2.05) is 12.1 Å². The summed E-state index contributed by atoms with van der Waals surface area (Å²) in [5, 5.41) is 7.26. The van der Waals surface area contributed by atoms with Gasteiger partial charge in [0, 0.05) is 43.0 Å². The van der Waals surface area contributed by atoms with E-state index in [1.54, 1.807) is 43.5 Å². The molecule has 1 saturated heterocycles. The van der Waals surface area contributed by atoms with Crippen LogP contribution in [0.25, 0.3) is 34.0 Å². The molecule has 0 saturated carbocycles. The van der Waals surface area contributed by atoms with Crippen LogP contribution in [-0.4, -0.2) is 47.5 Å². The summed E-state index contributed by atoms with van der Waals surface area (Å²) < 4.78 is 36.7. The van der Waals surface area contributed by atoms with Crippen LogP contribution in [0.5, 0.6) is 0 Å². The predicted molar refractivity (Wildman–Crippen MR) is 185 cm³/mol. The first-order valence-corrected chi connectivity index (χ1v) is 17.7. The zero-order valence-corrected chi connectivity index (χ0v) is 29.3. The van der Waals surface area contributed by atoms with Crippen molar-refractivity contribution in [2.24, 2.45) is 0 Å². The number of alkyl halides is 3. The number of nitrogen functional groups attached to an aromatic ring is 1. The molecule has 0 amide bonds. The Hall–Kier alpha value is -1.41. The van der Waals surface area contributed by atoms with E-state index in [0.29, 0.717) is 34.4 Å². The maximum absolute atomic E-state index is 13.1. The van der Waals surface area contributed by atoms with Crippen molar-refractivity contribution in [1.82, 2.24) is 20.4 Å². The maximum atomic E-state index is 13.1. The summed E-state index contributed by atoms with van der Waals surface area (Å²) in [6.45, 7) is 4.15. The normalized spacial score (nSPS) is 15.6. The fourth-order valence-corrected chi connectivity index (χ4v) is 8.68. The summed E-state index contributed by atoms with van der Waals surface area (Å²) in [7, 11) is -3.50. The molecule has 0 radical (unpaired) electrons. The summed E-state index contributed by atoms with van der Waals surface area (Å²) in [5.74, 6) is 0.606. The van der Waals surface area contributed by atoms with Gasteiger partial charge in [-0.3, -0.25) is 0 Å². The fraction of sp³-hybridized carbons (Fsp3) is 0.321. The first-order valence-electron chi connectivity index (χ1n) is 12.9. The topological polar surface area (TPSA) is 133 Å². The molecule has 0 aliphatic carbocycles. The molecule has 3 N–H and O–H groups in total. The van der Waals surface area contributed by atoms with Crippen LogP contribution >= 0.6 is 67.8 Å². The molecule has 4 aromatic rings. The average molecular weight is 911 g/mol. The second-order valence-corrected chi connectivity index (χ2v) is 23.3. The quantitative estimate of drug-likeness (QED) is 0.144. The van der Waals surface area contributed by atoms with Crippen molar-refractivity contribution < 1.29 is 17.7 Å². The van der Waals surface area contributed by atoms with Gasteiger partial charge in [0.2, 0.25) is 0 Å². The van der Waals surface area contributed by atoms with Gasteiger partial charge in [-0.2, -0.15) is 0 Å². The Morgan fingerprint density at radius 3 is 2.32 bits per heavy atom. The van der Waals surface area contributed by atoms with Crippen LogP contribution in [0.3, 0.4) is 0 Å². The summed E-state index contributed by atoms with van der Waals surface area (Å²) in [6, 6.07) is 17.1. The number of aromatic nitrogens is 3. The molecule has 0 spiro atoms. The van der Waals surface area contributed by atoms with Gasteiger partial charge in [0.1, 0.15) is 5.13 Å². The first-order chi connectivity index (χ1) is 19.5. The number of nitrogens with zero attached hydrogens (tertiary/aromatic N) is 3. The summed E-state index contributed by atoms with van der Waals surface area (Å²) in [6.07, 6.45) is 3.63. The van der Waals surface area contributed by atoms with Gasteiger partial charge >= 0.3 is 0 Å². The summed E-state index contributed by atoms with van der Waals surface area (Å²) >= 11 is 6.43. The number of nitrogens with one attached hydrogen (secondary N) is 1. The molecule has 1 atom stereocenters. The van der Waals surface area contributed by atoms with Crippen molar-refractivity contribution in [2.45, 2.75) is 41.9 Å². The standard InChI is InChI=1S/C28H28I3N5O4S/c1-17(28(29,30)31)41(37,38)22-8-6-20(7-9-22)24-16-34-27(32)26(35-24)25-14-23(36-40-25)19-4-2-18(3-5-19)15-33-21-10-12-39-13-11-21/h2-9,14,16-17,21,33H,10-13,15H2,1H3,(H2,32,34). The number of benzene rings is 2. The van der Waals surface area contributed by atoms with Gasteiger partial charge in [-0.05, 0) is 37.5 Å². The van der Waals surface area contributed by atoms with Gasteiger partial charge < -0.3 is 20.3 Å². The Bertz CT molecular complexity index is 1600. The molecule has 2 aromatic carbocycles. The second-order valence-electron chi connectivity index (χ2n) is 9.78. The minimum Gasteiger partial charge on any atom is -0.382 e. The van der Waals surface area contributed by atoms with Crippen LogP contribution in [0.2, 0.25) is 0 Å². The summed E-state index contributed by atoms with van der Waals surface area (Å²) in [4.78, 5) is 9.25. The molecule has 216 valence electrons. The van der Waals surface area contributed by atoms with E-state index >= 15 is 0 Å². The minimum atomic E-state index is -3.50. The largest absolute Gasteiger partial charge is 0.382 e. The second kappa shape index (κ2) is 13.1. The molecule has 1 aliphatic rings. The average Bonchev–Trinajstić information content (AvgIpc) is 3.46. The number of hydrogen-bond acceptors (Lipinski definition) is 9. The highest BCUT2D eigenvalue weighted by Crippen LogP contribution is 2.43. The Morgan fingerprint density at radius 2 is 1.66 bits per heavy atom. The van der Waals surface area contributed by atoms with Crippen molar-refractivity contribution >= 4 is 83.4 Å². The number of nitrogens with two attached hydrogens (primary N) is 1. The minimum absolute atomic E-state index is 0.210. The third-order valence-electron chi connectivity index (χ3n) is 7.02. The van der Waals surface area contributed by atoms with Crippen LogP contribution in [0.4, 0.5) is 5.82 Å². The smallest absolute Gasteiger partial charge is 0.189 e. The Kier molecular flexibility index (Phi) is 9.89. The number of halogens is 3. The van der Waals surface area contributed by atoms with Gasteiger partial charge in [0.05, 0.1) is 22.0 Å². The van der Waals surface area contributed by atoms with Crippen LogP contribution in [0.1, 0.15) is 25.3 Å². The Morgan fingerprint density at radius 1 is 1.02 bits per heavy atom. The van der Waals surface area contributed by atoms with E-state index in [4.69, 9.17) is 15.0 Å². The number of hydrogen-bond donors (Lipinski definition) is 2. The zero-order valence-electron chi connectivity index (χ0n) is 22.1. The van der Waals surface area contributed by atoms with Gasteiger partial charge in [0.15, 0.2) is 27.1 Å². The van der Waals surface area contributed by atoms with Gasteiger partial charge in [-0.25, -0.2) is 18.4 Å². The number of anilines is 1. The lowest BCUT2D eigenvalue weighted by molar-refractivity contribution is 0.0776. The number of rotatable bonds is 9. The van der Waals surface area contributed by atoms with Crippen molar-refractivity contribution in [3.8, 4) is 34.0 Å². The van der Waals surface area contributed by atoms with Crippen LogP contribution in [0, 0.1) is 0 Å². The van der Waals surface area contributed by atoms with E-state index in [9.17, 15) is 8.42 Å². The molecule has 2 aromatic heterocycles. The van der Waals surface area contributed by atoms with Gasteiger partial charge in [-0.1, -0.05) is 109 Å². The Balaban J connectivity index is 1.31. The van der Waals surface area contributed by atoms with Gasteiger partial charge in [-0.15, -0.1) is 0 Å². The molecule has 41 heavy (non-hydrogen) atoms. The fourth-order valence-electron chi connectivity index (χ4n) is 4.39. The van der Waals surface area contributed by atoms with E-state index in [-0.39, 0.29) is 10.7 Å². The highest BCUT2D eigenvalue weighted by atomic mass is 127. The van der Waals surface area contributed by atoms with Crippen LogP contribution < -0.4 is 11.1 Å². The SMILES string of the molecule is CC(C(I)(I)I)S(=O)(=O)c1ccc(-c2cnc(N)c(-c3cc(-c4ccc(CNC5CCOCC5)cc4)no3)n2)cc1. The highest BCUT2D eigenvalue weighted by molar-refractivity contribution is 14.3. The van der Waals surface area contributed by atoms with Gasteiger partial charge in [0.25, 0.3) is 0 Å². The molecule has 9 nitrogen and oxygen atoms in total. The zero-order chi connectivity index (χ0) is 29.2. The molecule has 0 bridgehead atoms. The third-order valence-corrected chi connectivity index (χ3v) is 13.3. The molecule has 13 heteroatoms. The molecule has 1 aliphatic heterocycles. The van der Waals surface area contributed by atoms with Crippen molar-refractivity contribution in [3.05, 3.63) is 66.4 Å². The predicted octanol–water partition coefficient (Wildman–Crippen LogP) is 6.44. The monoisotopic (exact) mass is 911 g/mol. The molecular weight excluding hydrogens is 883 g/mol. The number of sulfone groups is 1. The molecular formula is C28H28I3N5O4S. The molecule has 3 heterocycles. The number of ether oxygens (including phenoxy) is 1. The third kappa shape index (κ3) is 7.39. The Labute approximate surface area is 280 Å².